The van der Waals surface area contributed by atoms with Gasteiger partial charge in [-0.3, -0.25) is 10.1 Å². The van der Waals surface area contributed by atoms with Crippen LogP contribution in [-0.2, 0) is 4.79 Å². The Hall–Kier alpha value is -0.220. The molecule has 1 saturated heterocycles. The van der Waals surface area contributed by atoms with E-state index in [2.05, 4.69) is 23.4 Å². The van der Waals surface area contributed by atoms with Crippen molar-refractivity contribution in [3.8, 4) is 0 Å². The minimum atomic E-state index is -0.126. The van der Waals surface area contributed by atoms with Gasteiger partial charge in [-0.1, -0.05) is 19.8 Å². The molecule has 0 aromatic carbocycles. The van der Waals surface area contributed by atoms with Crippen LogP contribution in [0.4, 0.5) is 0 Å². The van der Waals surface area contributed by atoms with Crippen LogP contribution in [0.5, 0.6) is 0 Å². The van der Waals surface area contributed by atoms with Crippen LogP contribution in [0, 0.1) is 0 Å². The lowest BCUT2D eigenvalue weighted by Gasteiger charge is -2.23. The van der Waals surface area contributed by atoms with Crippen molar-refractivity contribution in [2.45, 2.75) is 63.6 Å². The summed E-state index contributed by atoms with van der Waals surface area (Å²) in [7, 11) is 0. The predicted octanol–water partition coefficient (Wildman–Crippen LogP) is 2.61. The Kier molecular flexibility index (Phi) is 4.96. The number of carbonyl (C=O) groups is 1. The van der Waals surface area contributed by atoms with E-state index in [1.165, 1.54) is 18.6 Å². The largest absolute Gasteiger partial charge is 0.326 e. The summed E-state index contributed by atoms with van der Waals surface area (Å²) < 4.78 is 0. The zero-order valence-electron chi connectivity index (χ0n) is 11.7. The lowest BCUT2D eigenvalue weighted by Crippen LogP contribution is -2.37. The molecule has 1 amide bonds. The second kappa shape index (κ2) is 6.29. The van der Waals surface area contributed by atoms with Gasteiger partial charge in [0.25, 0.3) is 0 Å². The summed E-state index contributed by atoms with van der Waals surface area (Å²) in [6.45, 7) is 3.15. The van der Waals surface area contributed by atoms with E-state index in [1.807, 2.05) is 11.8 Å². The molecule has 1 aliphatic heterocycles. The third kappa shape index (κ3) is 3.02. The first-order valence-electron chi connectivity index (χ1n) is 7.31. The Balaban J connectivity index is 1.78. The molecule has 1 heterocycles. The van der Waals surface area contributed by atoms with E-state index in [1.54, 1.807) is 0 Å². The molecule has 0 radical (unpaired) electrons. The highest BCUT2D eigenvalue weighted by molar-refractivity contribution is 7.98. The van der Waals surface area contributed by atoms with Crippen LogP contribution in [0.3, 0.4) is 0 Å². The van der Waals surface area contributed by atoms with E-state index in [4.69, 9.17) is 0 Å². The Bertz CT molecular complexity index is 292. The molecule has 1 saturated carbocycles. The van der Waals surface area contributed by atoms with Crippen molar-refractivity contribution in [1.29, 1.82) is 0 Å². The first kappa shape index (κ1) is 14.2. The van der Waals surface area contributed by atoms with E-state index in [0.29, 0.717) is 12.1 Å². The predicted molar refractivity (Wildman–Crippen MR) is 77.7 cm³/mol. The van der Waals surface area contributed by atoms with Gasteiger partial charge in [-0.05, 0) is 44.1 Å². The number of rotatable bonds is 8. The summed E-state index contributed by atoms with van der Waals surface area (Å²) >= 11 is 1.91. The Labute approximate surface area is 115 Å². The average Bonchev–Trinajstić information content (AvgIpc) is 3.09. The fourth-order valence-corrected chi connectivity index (χ4v) is 3.32. The topological polar surface area (TPSA) is 32.3 Å². The van der Waals surface area contributed by atoms with Gasteiger partial charge >= 0.3 is 0 Å². The number of hydrogen-bond donors (Lipinski definition) is 1. The summed E-state index contributed by atoms with van der Waals surface area (Å²) in [5, 5.41) is 3.57. The van der Waals surface area contributed by atoms with Crippen molar-refractivity contribution in [3.05, 3.63) is 0 Å². The maximum atomic E-state index is 12.4. The lowest BCUT2D eigenvalue weighted by molar-refractivity contribution is -0.130. The molecule has 2 fully saturated rings. The molecule has 1 aliphatic carbocycles. The second-order valence-electron chi connectivity index (χ2n) is 5.58. The molecular formula is C14H26N2OS. The molecule has 2 aliphatic rings. The molecule has 1 N–H and O–H groups in total. The van der Waals surface area contributed by atoms with Crippen molar-refractivity contribution < 1.29 is 4.79 Å². The third-order valence-electron chi connectivity index (χ3n) is 4.05. The van der Waals surface area contributed by atoms with Gasteiger partial charge in [0.1, 0.15) is 0 Å². The van der Waals surface area contributed by atoms with Crippen molar-refractivity contribution >= 4 is 17.7 Å². The maximum Gasteiger partial charge on any atom is 0.244 e. The fraction of sp³-hybridized carbons (Fsp3) is 0.929. The molecule has 4 heteroatoms. The van der Waals surface area contributed by atoms with Crippen LogP contribution in [0.25, 0.3) is 0 Å². The quantitative estimate of drug-likeness (QED) is 0.688. The normalized spacial score (nSPS) is 25.1. The van der Waals surface area contributed by atoms with Crippen LogP contribution in [-0.4, -0.2) is 41.1 Å². The monoisotopic (exact) mass is 270 g/mol. The number of thioether (sulfide) groups is 1. The zero-order chi connectivity index (χ0) is 13.0. The SMILES string of the molecule is CCCC1NC2(CC2)C(=O)N1CCCCCSC. The molecule has 3 nitrogen and oxygen atoms in total. The summed E-state index contributed by atoms with van der Waals surface area (Å²) in [6, 6.07) is 0. The van der Waals surface area contributed by atoms with Gasteiger partial charge in [0, 0.05) is 6.54 Å². The number of unbranched alkanes of at least 4 members (excludes halogenated alkanes) is 2. The molecule has 2 rings (SSSR count). The molecule has 1 spiro atoms. The Morgan fingerprint density at radius 1 is 1.39 bits per heavy atom. The van der Waals surface area contributed by atoms with E-state index in [9.17, 15) is 4.79 Å². The van der Waals surface area contributed by atoms with Gasteiger partial charge in [-0.15, -0.1) is 0 Å². The minimum Gasteiger partial charge on any atom is -0.326 e. The van der Waals surface area contributed by atoms with Crippen molar-refractivity contribution in [2.75, 3.05) is 18.6 Å². The highest BCUT2D eigenvalue weighted by Gasteiger charge is 2.58. The van der Waals surface area contributed by atoms with Crippen LogP contribution >= 0.6 is 11.8 Å². The van der Waals surface area contributed by atoms with Gasteiger partial charge in [-0.2, -0.15) is 11.8 Å². The zero-order valence-corrected chi connectivity index (χ0v) is 12.5. The summed E-state index contributed by atoms with van der Waals surface area (Å²) in [5.41, 5.74) is -0.126. The highest BCUT2D eigenvalue weighted by Crippen LogP contribution is 2.42. The Morgan fingerprint density at radius 2 is 2.17 bits per heavy atom. The summed E-state index contributed by atoms with van der Waals surface area (Å²) in [4.78, 5) is 14.5. The van der Waals surface area contributed by atoms with Gasteiger partial charge in [0.05, 0.1) is 11.7 Å². The van der Waals surface area contributed by atoms with Crippen molar-refractivity contribution in [2.24, 2.45) is 0 Å². The standard InChI is InChI=1S/C14H26N2OS/c1-3-7-12-15-14(8-9-14)13(17)16(12)10-5-4-6-11-18-2/h12,15H,3-11H2,1-2H3. The number of amides is 1. The van der Waals surface area contributed by atoms with Gasteiger partial charge in [0.2, 0.25) is 5.91 Å². The maximum absolute atomic E-state index is 12.4. The van der Waals surface area contributed by atoms with Gasteiger partial charge < -0.3 is 4.90 Å². The van der Waals surface area contributed by atoms with E-state index in [-0.39, 0.29) is 5.54 Å². The fourth-order valence-electron chi connectivity index (χ4n) is 2.82. The molecule has 0 bridgehead atoms. The average molecular weight is 270 g/mol. The van der Waals surface area contributed by atoms with Crippen LogP contribution in [0.15, 0.2) is 0 Å². The molecule has 104 valence electrons. The molecule has 0 aromatic rings. The lowest BCUT2D eigenvalue weighted by atomic mass is 10.2. The number of nitrogens with zero attached hydrogens (tertiary/aromatic N) is 1. The number of hydrogen-bond acceptors (Lipinski definition) is 3. The smallest absolute Gasteiger partial charge is 0.244 e. The highest BCUT2D eigenvalue weighted by atomic mass is 32.2. The van der Waals surface area contributed by atoms with E-state index < -0.39 is 0 Å². The third-order valence-corrected chi connectivity index (χ3v) is 4.75. The second-order valence-corrected chi connectivity index (χ2v) is 6.57. The molecule has 1 atom stereocenters. The number of carbonyl (C=O) groups excluding carboxylic acids is 1. The van der Waals surface area contributed by atoms with Gasteiger partial charge in [0.15, 0.2) is 0 Å². The summed E-state index contributed by atoms with van der Waals surface area (Å²) in [5.74, 6) is 1.62. The molecule has 0 aromatic heterocycles. The first-order chi connectivity index (χ1) is 8.73. The molecule has 18 heavy (non-hydrogen) atoms. The van der Waals surface area contributed by atoms with Crippen LogP contribution < -0.4 is 5.32 Å². The minimum absolute atomic E-state index is 0.126. The Morgan fingerprint density at radius 3 is 2.78 bits per heavy atom. The molecule has 1 unspecified atom stereocenters. The molecular weight excluding hydrogens is 244 g/mol. The summed E-state index contributed by atoms with van der Waals surface area (Å²) in [6.07, 6.45) is 10.5. The van der Waals surface area contributed by atoms with E-state index >= 15 is 0 Å². The number of nitrogens with one attached hydrogen (secondary N) is 1. The van der Waals surface area contributed by atoms with Crippen molar-refractivity contribution in [3.63, 3.8) is 0 Å². The van der Waals surface area contributed by atoms with Gasteiger partial charge in [-0.25, -0.2) is 0 Å². The van der Waals surface area contributed by atoms with E-state index in [0.717, 1.165) is 38.6 Å². The van der Waals surface area contributed by atoms with Crippen LogP contribution in [0.1, 0.15) is 51.9 Å². The first-order valence-corrected chi connectivity index (χ1v) is 8.70. The van der Waals surface area contributed by atoms with Crippen molar-refractivity contribution in [1.82, 2.24) is 10.2 Å². The van der Waals surface area contributed by atoms with Crippen LogP contribution in [0.2, 0.25) is 0 Å².